The zero-order chi connectivity index (χ0) is 15.9. The van der Waals surface area contributed by atoms with Gasteiger partial charge in [0, 0.05) is 10.9 Å². The number of furan rings is 1. The number of amides is 1. The van der Waals surface area contributed by atoms with Crippen LogP contribution in [0.1, 0.15) is 20.8 Å². The molecule has 3 rings (SSSR count). The lowest BCUT2D eigenvalue weighted by molar-refractivity contribution is -0.123. The highest BCUT2D eigenvalue weighted by atomic mass is 16.3. The van der Waals surface area contributed by atoms with Crippen LogP contribution in [0, 0.1) is 0 Å². The quantitative estimate of drug-likeness (QED) is 0.785. The highest BCUT2D eigenvalue weighted by molar-refractivity contribution is 6.01. The lowest BCUT2D eigenvalue weighted by Crippen LogP contribution is -2.43. The summed E-state index contributed by atoms with van der Waals surface area (Å²) in [5, 5.41) is 3.60. The van der Waals surface area contributed by atoms with Gasteiger partial charge in [-0.1, -0.05) is 12.1 Å². The Hall–Kier alpha value is -2.63. The minimum Gasteiger partial charge on any atom is -0.448 e. The van der Waals surface area contributed by atoms with Crippen LogP contribution >= 0.6 is 0 Å². The molecule has 0 saturated heterocycles. The summed E-state index contributed by atoms with van der Waals surface area (Å²) in [7, 11) is 0. The number of benzene rings is 1. The minimum atomic E-state index is -0.356. The number of fused-ring (bicyclic) bond motifs is 3. The van der Waals surface area contributed by atoms with E-state index in [-0.39, 0.29) is 29.1 Å². The van der Waals surface area contributed by atoms with E-state index in [1.165, 1.54) is 10.9 Å². The molecule has 6 nitrogen and oxygen atoms in total. The third kappa shape index (κ3) is 2.59. The molecule has 114 valence electrons. The second-order valence-corrected chi connectivity index (χ2v) is 6.25. The lowest BCUT2D eigenvalue weighted by atomic mass is 10.1. The van der Waals surface area contributed by atoms with Gasteiger partial charge in [0.05, 0.1) is 6.33 Å². The Morgan fingerprint density at radius 2 is 2.05 bits per heavy atom. The third-order valence-corrected chi connectivity index (χ3v) is 3.18. The predicted molar refractivity (Wildman–Crippen MR) is 83.7 cm³/mol. The van der Waals surface area contributed by atoms with E-state index >= 15 is 0 Å². The first-order valence-electron chi connectivity index (χ1n) is 7.03. The number of hydrogen-bond donors (Lipinski definition) is 1. The first-order valence-corrected chi connectivity index (χ1v) is 7.03. The summed E-state index contributed by atoms with van der Waals surface area (Å²) >= 11 is 0. The summed E-state index contributed by atoms with van der Waals surface area (Å²) in [5.41, 5.74) is 0.599. The maximum absolute atomic E-state index is 12.4. The molecule has 0 saturated carbocycles. The molecule has 0 aliphatic heterocycles. The van der Waals surface area contributed by atoms with Crippen LogP contribution < -0.4 is 10.9 Å². The van der Waals surface area contributed by atoms with Crippen LogP contribution in [0.2, 0.25) is 0 Å². The van der Waals surface area contributed by atoms with E-state index in [2.05, 4.69) is 10.3 Å². The first-order chi connectivity index (χ1) is 10.3. The number of carbonyl (C=O) groups excluding carboxylic acids is 1. The maximum Gasteiger partial charge on any atom is 0.297 e. The molecule has 1 amide bonds. The summed E-state index contributed by atoms with van der Waals surface area (Å²) < 4.78 is 6.83. The molecular formula is C16H17N3O3. The molecule has 1 N–H and O–H groups in total. The molecule has 0 fully saturated rings. The van der Waals surface area contributed by atoms with Crippen molar-refractivity contribution >= 4 is 28.0 Å². The number of para-hydroxylation sites is 1. The Kier molecular flexibility index (Phi) is 3.24. The Bertz CT molecular complexity index is 916. The van der Waals surface area contributed by atoms with E-state index in [4.69, 9.17) is 4.42 Å². The van der Waals surface area contributed by atoms with Crippen molar-refractivity contribution in [1.29, 1.82) is 0 Å². The Morgan fingerprint density at radius 1 is 1.32 bits per heavy atom. The van der Waals surface area contributed by atoms with Crippen LogP contribution in [0.3, 0.4) is 0 Å². The van der Waals surface area contributed by atoms with Crippen LogP contribution in [0.5, 0.6) is 0 Å². The molecule has 22 heavy (non-hydrogen) atoms. The van der Waals surface area contributed by atoms with Crippen molar-refractivity contribution in [2.24, 2.45) is 0 Å². The topological polar surface area (TPSA) is 77.1 Å². The molecular weight excluding hydrogens is 282 g/mol. The van der Waals surface area contributed by atoms with E-state index in [0.29, 0.717) is 11.1 Å². The van der Waals surface area contributed by atoms with E-state index in [1.54, 1.807) is 6.07 Å². The van der Waals surface area contributed by atoms with Crippen molar-refractivity contribution in [3.8, 4) is 0 Å². The summed E-state index contributed by atoms with van der Waals surface area (Å²) in [6, 6.07) is 7.33. The van der Waals surface area contributed by atoms with Crippen LogP contribution in [-0.4, -0.2) is 21.0 Å². The Labute approximate surface area is 126 Å². The molecule has 0 atom stereocenters. The summed E-state index contributed by atoms with van der Waals surface area (Å²) in [6.45, 7) is 5.56. The van der Waals surface area contributed by atoms with Crippen molar-refractivity contribution < 1.29 is 9.21 Å². The molecule has 2 heterocycles. The number of hydrogen-bond acceptors (Lipinski definition) is 4. The van der Waals surface area contributed by atoms with Gasteiger partial charge in [-0.2, -0.15) is 0 Å². The monoisotopic (exact) mass is 299 g/mol. The first kappa shape index (κ1) is 14.3. The number of carbonyl (C=O) groups is 1. The zero-order valence-corrected chi connectivity index (χ0v) is 12.7. The fourth-order valence-electron chi connectivity index (χ4n) is 2.34. The van der Waals surface area contributed by atoms with Gasteiger partial charge in [0.2, 0.25) is 11.5 Å². The molecule has 0 spiro atoms. The van der Waals surface area contributed by atoms with Gasteiger partial charge in [-0.05, 0) is 32.9 Å². The molecule has 0 radical (unpaired) electrons. The van der Waals surface area contributed by atoms with Crippen LogP contribution in [-0.2, 0) is 11.3 Å². The highest BCUT2D eigenvalue weighted by Crippen LogP contribution is 2.23. The number of rotatable bonds is 2. The average Bonchev–Trinajstić information content (AvgIpc) is 2.79. The Morgan fingerprint density at radius 3 is 2.77 bits per heavy atom. The predicted octanol–water partition coefficient (Wildman–Crippen LogP) is 2.06. The van der Waals surface area contributed by atoms with Gasteiger partial charge in [-0.15, -0.1) is 0 Å². The van der Waals surface area contributed by atoms with Gasteiger partial charge in [-0.3, -0.25) is 14.2 Å². The highest BCUT2D eigenvalue weighted by Gasteiger charge is 2.17. The fraction of sp³-hybridized carbons (Fsp3) is 0.312. The maximum atomic E-state index is 12.4. The molecule has 3 aromatic rings. The van der Waals surface area contributed by atoms with E-state index in [9.17, 15) is 9.59 Å². The van der Waals surface area contributed by atoms with Gasteiger partial charge in [0.25, 0.3) is 5.56 Å². The summed E-state index contributed by atoms with van der Waals surface area (Å²) in [4.78, 5) is 28.7. The molecule has 0 unspecified atom stereocenters. The largest absolute Gasteiger partial charge is 0.448 e. The average molecular weight is 299 g/mol. The lowest BCUT2D eigenvalue weighted by Gasteiger charge is -2.20. The van der Waals surface area contributed by atoms with E-state index < -0.39 is 0 Å². The van der Waals surface area contributed by atoms with Crippen LogP contribution in [0.25, 0.3) is 22.1 Å². The molecule has 2 aromatic heterocycles. The van der Waals surface area contributed by atoms with Crippen LogP contribution in [0.15, 0.2) is 39.8 Å². The van der Waals surface area contributed by atoms with Gasteiger partial charge in [0.1, 0.15) is 17.6 Å². The molecule has 0 aliphatic rings. The molecule has 0 bridgehead atoms. The van der Waals surface area contributed by atoms with Gasteiger partial charge in [0.15, 0.2) is 0 Å². The van der Waals surface area contributed by atoms with Gasteiger partial charge < -0.3 is 9.73 Å². The number of aromatic nitrogens is 2. The standard InChI is InChI=1S/C16H17N3O3/c1-16(2,3)18-12(20)8-19-9-17-13-10-6-4-5-7-11(10)22-14(13)15(19)21/h4-7,9H,8H2,1-3H3,(H,18,20). The fourth-order valence-corrected chi connectivity index (χ4v) is 2.34. The van der Waals surface area contributed by atoms with Crippen LogP contribution in [0.4, 0.5) is 0 Å². The SMILES string of the molecule is CC(C)(C)NC(=O)Cn1cnc2c(oc3ccccc32)c1=O. The van der Waals surface area contributed by atoms with Gasteiger partial charge >= 0.3 is 0 Å². The second kappa shape index (κ2) is 4.98. The minimum absolute atomic E-state index is 0.0872. The summed E-state index contributed by atoms with van der Waals surface area (Å²) in [6.07, 6.45) is 1.38. The van der Waals surface area contributed by atoms with Crippen molar-refractivity contribution in [2.75, 3.05) is 0 Å². The molecule has 1 aromatic carbocycles. The zero-order valence-electron chi connectivity index (χ0n) is 12.7. The third-order valence-electron chi connectivity index (χ3n) is 3.18. The number of nitrogens with one attached hydrogen (secondary N) is 1. The van der Waals surface area contributed by atoms with Crippen molar-refractivity contribution in [3.63, 3.8) is 0 Å². The van der Waals surface area contributed by atoms with Crippen molar-refractivity contribution in [1.82, 2.24) is 14.9 Å². The normalized spacial score (nSPS) is 12.0. The van der Waals surface area contributed by atoms with Crippen molar-refractivity contribution in [2.45, 2.75) is 32.9 Å². The smallest absolute Gasteiger partial charge is 0.297 e. The Balaban J connectivity index is 2.02. The number of nitrogens with zero attached hydrogens (tertiary/aromatic N) is 2. The van der Waals surface area contributed by atoms with Crippen molar-refractivity contribution in [3.05, 3.63) is 40.9 Å². The van der Waals surface area contributed by atoms with E-state index in [0.717, 1.165) is 5.39 Å². The molecule has 6 heteroatoms. The van der Waals surface area contributed by atoms with Gasteiger partial charge in [-0.25, -0.2) is 4.98 Å². The second-order valence-electron chi connectivity index (χ2n) is 6.25. The molecule has 0 aliphatic carbocycles. The summed E-state index contributed by atoms with van der Waals surface area (Å²) in [5.74, 6) is -0.244. The van der Waals surface area contributed by atoms with E-state index in [1.807, 2.05) is 39.0 Å².